The average molecular weight is 531 g/mol. The van der Waals surface area contributed by atoms with Crippen LogP contribution in [-0.2, 0) is 19.2 Å². The maximum absolute atomic E-state index is 13.3. The van der Waals surface area contributed by atoms with Gasteiger partial charge in [-0.1, -0.05) is 61.8 Å². The van der Waals surface area contributed by atoms with E-state index in [1.54, 1.807) is 27.7 Å². The van der Waals surface area contributed by atoms with Gasteiger partial charge >= 0.3 is 11.9 Å². The van der Waals surface area contributed by atoms with Crippen molar-refractivity contribution in [2.75, 3.05) is 40.3 Å². The molecule has 10 heteroatoms. The lowest BCUT2D eigenvalue weighted by Gasteiger charge is -2.47. The monoisotopic (exact) mass is 530 g/mol. The van der Waals surface area contributed by atoms with E-state index in [0.29, 0.717) is 19.5 Å². The molecule has 0 fully saturated rings. The van der Waals surface area contributed by atoms with Crippen molar-refractivity contribution in [1.29, 1.82) is 0 Å². The fraction of sp³-hybridized carbons (Fsp3) is 0.852. The molecule has 0 spiro atoms. The van der Waals surface area contributed by atoms with Gasteiger partial charge < -0.3 is 30.9 Å². The third kappa shape index (κ3) is 9.89. The van der Waals surface area contributed by atoms with Crippen LogP contribution in [0.1, 0.15) is 68.2 Å². The van der Waals surface area contributed by atoms with E-state index in [-0.39, 0.29) is 25.5 Å². The van der Waals surface area contributed by atoms with Crippen molar-refractivity contribution in [3.05, 3.63) is 0 Å². The highest BCUT2D eigenvalue weighted by Crippen LogP contribution is 2.51. The minimum Gasteiger partial charge on any atom is -0.481 e. The molecule has 0 aromatic rings. The van der Waals surface area contributed by atoms with E-state index >= 15 is 0 Å². The molecular formula is C27H52N3O7+. The van der Waals surface area contributed by atoms with E-state index < -0.39 is 57.8 Å². The van der Waals surface area contributed by atoms with Crippen molar-refractivity contribution in [3.8, 4) is 0 Å². The minimum absolute atomic E-state index is 0.0143. The Bertz CT molecular complexity index is 793. The number of carboxylic acid groups (broad SMARTS) is 2. The number of aliphatic hydroxyl groups is 1. The van der Waals surface area contributed by atoms with Gasteiger partial charge in [0.15, 0.2) is 0 Å². The maximum Gasteiger partial charge on any atom is 0.307 e. The number of aliphatic hydroxyl groups excluding tert-OH is 1. The summed E-state index contributed by atoms with van der Waals surface area (Å²) in [4.78, 5) is 52.4. The van der Waals surface area contributed by atoms with Gasteiger partial charge in [-0.25, -0.2) is 0 Å². The number of hydrogen-bond acceptors (Lipinski definition) is 5. The molecular weight excluding hydrogens is 478 g/mol. The van der Waals surface area contributed by atoms with E-state index in [1.165, 1.54) is 6.92 Å². The molecule has 0 saturated carbocycles. The minimum atomic E-state index is -1.13. The second-order valence-corrected chi connectivity index (χ2v) is 12.7. The smallest absolute Gasteiger partial charge is 0.307 e. The standard InChI is InChI=1S/C27H51N3O7/c1-11-25(3,4)19(22(33)29-13-15-31)20(24(36)37)27(7,8)16-26(5,6)18(17(2)23(34)35)21(32)28-12-14-30(9)10/h17-20,31H,11-16H2,1-10H3,(H,28,32)(H,29,33)(H,34,35)(H,36,37)/p+1. The van der Waals surface area contributed by atoms with Crippen LogP contribution >= 0.6 is 0 Å². The van der Waals surface area contributed by atoms with Gasteiger partial charge in [0, 0.05) is 6.54 Å². The predicted molar refractivity (Wildman–Crippen MR) is 142 cm³/mol. The van der Waals surface area contributed by atoms with Crippen LogP contribution in [-0.4, -0.2) is 79.4 Å². The zero-order chi connectivity index (χ0) is 29.4. The Kier molecular flexibility index (Phi) is 13.3. The molecule has 0 aromatic heterocycles. The number of amides is 2. The van der Waals surface area contributed by atoms with Crippen molar-refractivity contribution in [2.45, 2.75) is 68.2 Å². The summed E-state index contributed by atoms with van der Waals surface area (Å²) < 4.78 is 0. The highest BCUT2D eigenvalue weighted by molar-refractivity contribution is 5.86. The molecule has 6 N–H and O–H groups in total. The summed E-state index contributed by atoms with van der Waals surface area (Å²) in [6.07, 6.45) is 0.734. The maximum atomic E-state index is 13.3. The Morgan fingerprint density at radius 1 is 0.757 bits per heavy atom. The molecule has 0 aliphatic carbocycles. The average Bonchev–Trinajstić information content (AvgIpc) is 2.73. The van der Waals surface area contributed by atoms with Gasteiger partial charge in [-0.2, -0.15) is 0 Å². The summed E-state index contributed by atoms with van der Waals surface area (Å²) in [5.74, 6) is -7.02. The summed E-state index contributed by atoms with van der Waals surface area (Å²) in [6.45, 7) is 15.0. The molecule has 2 amide bonds. The Hall–Kier alpha value is -2.20. The summed E-state index contributed by atoms with van der Waals surface area (Å²) in [6, 6.07) is 0. The summed E-state index contributed by atoms with van der Waals surface area (Å²) in [7, 11) is 3.90. The van der Waals surface area contributed by atoms with Gasteiger partial charge in [-0.05, 0) is 22.7 Å². The molecule has 216 valence electrons. The molecule has 0 radical (unpaired) electrons. The van der Waals surface area contributed by atoms with Gasteiger partial charge in [0.2, 0.25) is 11.8 Å². The number of aliphatic carboxylic acids is 2. The number of carbonyl (C=O) groups is 4. The first kappa shape index (κ1) is 34.8. The lowest BCUT2D eigenvalue weighted by atomic mass is 9.56. The van der Waals surface area contributed by atoms with Crippen LogP contribution < -0.4 is 15.5 Å². The summed E-state index contributed by atoms with van der Waals surface area (Å²) in [5, 5.41) is 34.9. The summed E-state index contributed by atoms with van der Waals surface area (Å²) in [5.41, 5.74) is -2.58. The molecule has 0 rings (SSSR count). The fourth-order valence-corrected chi connectivity index (χ4v) is 5.74. The van der Waals surface area contributed by atoms with Crippen LogP contribution in [0.2, 0.25) is 0 Å². The third-order valence-corrected chi connectivity index (χ3v) is 7.74. The first-order chi connectivity index (χ1) is 16.8. The number of carboxylic acids is 2. The van der Waals surface area contributed by atoms with Crippen LogP contribution in [0.4, 0.5) is 0 Å². The number of rotatable bonds is 17. The van der Waals surface area contributed by atoms with Crippen LogP contribution in [0.15, 0.2) is 0 Å². The van der Waals surface area contributed by atoms with E-state index in [2.05, 4.69) is 10.6 Å². The quantitative estimate of drug-likeness (QED) is 0.163. The predicted octanol–water partition coefficient (Wildman–Crippen LogP) is 0.888. The Morgan fingerprint density at radius 3 is 1.62 bits per heavy atom. The highest BCUT2D eigenvalue weighted by atomic mass is 16.4. The van der Waals surface area contributed by atoms with Crippen molar-refractivity contribution in [2.24, 2.45) is 39.9 Å². The lowest BCUT2D eigenvalue weighted by Crippen LogP contribution is -3.06. The van der Waals surface area contributed by atoms with Gasteiger partial charge in [0.1, 0.15) is 0 Å². The van der Waals surface area contributed by atoms with Crippen molar-refractivity contribution >= 4 is 23.8 Å². The number of quaternary nitrogens is 1. The number of carbonyl (C=O) groups excluding carboxylic acids is 2. The molecule has 0 heterocycles. The van der Waals surface area contributed by atoms with Crippen molar-refractivity contribution in [1.82, 2.24) is 10.6 Å². The van der Waals surface area contributed by atoms with Crippen LogP contribution in [0.25, 0.3) is 0 Å². The molecule has 0 aromatic carbocycles. The lowest BCUT2D eigenvalue weighted by molar-refractivity contribution is -0.856. The fourth-order valence-electron chi connectivity index (χ4n) is 5.74. The second-order valence-electron chi connectivity index (χ2n) is 12.7. The second kappa shape index (κ2) is 14.1. The zero-order valence-electron chi connectivity index (χ0n) is 24.5. The molecule has 4 atom stereocenters. The Labute approximate surface area is 222 Å². The van der Waals surface area contributed by atoms with Crippen LogP contribution in [0.3, 0.4) is 0 Å². The number of hydrogen-bond donors (Lipinski definition) is 6. The number of nitrogens with one attached hydrogen (secondary N) is 3. The van der Waals surface area contributed by atoms with Crippen LogP contribution in [0.5, 0.6) is 0 Å². The Balaban J connectivity index is 6.48. The molecule has 10 nitrogen and oxygen atoms in total. The van der Waals surface area contributed by atoms with E-state index in [1.807, 2.05) is 34.9 Å². The zero-order valence-corrected chi connectivity index (χ0v) is 24.5. The first-order valence-electron chi connectivity index (χ1n) is 13.2. The van der Waals surface area contributed by atoms with Crippen molar-refractivity contribution in [3.63, 3.8) is 0 Å². The van der Waals surface area contributed by atoms with Crippen molar-refractivity contribution < 1.29 is 39.4 Å². The van der Waals surface area contributed by atoms with Crippen LogP contribution in [0, 0.1) is 39.9 Å². The highest BCUT2D eigenvalue weighted by Gasteiger charge is 2.53. The topological polar surface area (TPSA) is 157 Å². The molecule has 0 aliphatic heterocycles. The molecule has 0 bridgehead atoms. The van der Waals surface area contributed by atoms with Gasteiger partial charge in [0.05, 0.1) is 57.5 Å². The Morgan fingerprint density at radius 2 is 1.22 bits per heavy atom. The van der Waals surface area contributed by atoms with Gasteiger partial charge in [-0.15, -0.1) is 0 Å². The normalized spacial score (nSPS) is 16.0. The van der Waals surface area contributed by atoms with Gasteiger partial charge in [0.25, 0.3) is 0 Å². The molecule has 0 saturated heterocycles. The largest absolute Gasteiger partial charge is 0.481 e. The summed E-state index contributed by atoms with van der Waals surface area (Å²) >= 11 is 0. The van der Waals surface area contributed by atoms with E-state index in [0.717, 1.165) is 4.90 Å². The first-order valence-corrected chi connectivity index (χ1v) is 13.2. The van der Waals surface area contributed by atoms with E-state index in [4.69, 9.17) is 0 Å². The molecule has 4 unspecified atom stereocenters. The SMILES string of the molecule is CCC(C)(C)C(C(=O)NCCO)C(C(=O)O)C(C)(C)CC(C)(C)C(C(=O)NCC[NH+](C)C)C(C)C(=O)O. The molecule has 37 heavy (non-hydrogen) atoms. The molecule has 0 aliphatic rings. The number of likely N-dealkylation sites (N-methyl/N-ethyl adjacent to an activating group) is 1. The van der Waals surface area contributed by atoms with Gasteiger partial charge in [-0.3, -0.25) is 19.2 Å². The third-order valence-electron chi connectivity index (χ3n) is 7.74. The van der Waals surface area contributed by atoms with E-state index in [9.17, 15) is 34.5 Å².